The SMILES string of the molecule is CN(C)C(=O)OC1=CC(=O)C(C)(C)CC1. The molecule has 0 aromatic heterocycles. The molecule has 0 N–H and O–H groups in total. The lowest BCUT2D eigenvalue weighted by molar-refractivity contribution is -0.123. The smallest absolute Gasteiger partial charge is 0.414 e. The third kappa shape index (κ3) is 2.81. The van der Waals surface area contributed by atoms with E-state index in [0.717, 1.165) is 6.42 Å². The molecule has 15 heavy (non-hydrogen) atoms. The zero-order chi connectivity index (χ0) is 11.6. The van der Waals surface area contributed by atoms with E-state index in [0.29, 0.717) is 12.2 Å². The Kier molecular flexibility index (Phi) is 3.17. The molecule has 0 aromatic carbocycles. The number of carbonyl (C=O) groups is 2. The lowest BCUT2D eigenvalue weighted by Gasteiger charge is -2.26. The minimum absolute atomic E-state index is 0.0234. The van der Waals surface area contributed by atoms with E-state index in [9.17, 15) is 9.59 Å². The number of carbonyl (C=O) groups excluding carboxylic acids is 2. The molecule has 0 radical (unpaired) electrons. The fourth-order valence-corrected chi connectivity index (χ4v) is 1.26. The maximum atomic E-state index is 11.6. The summed E-state index contributed by atoms with van der Waals surface area (Å²) < 4.78 is 5.04. The Bertz CT molecular complexity index is 316. The summed E-state index contributed by atoms with van der Waals surface area (Å²) in [5, 5.41) is 0. The van der Waals surface area contributed by atoms with Gasteiger partial charge in [-0.05, 0) is 6.42 Å². The van der Waals surface area contributed by atoms with Crippen molar-refractivity contribution in [1.82, 2.24) is 4.90 Å². The first-order valence-electron chi connectivity index (χ1n) is 4.97. The second-order valence-corrected chi connectivity index (χ2v) is 4.62. The Morgan fingerprint density at radius 1 is 1.47 bits per heavy atom. The molecule has 0 fully saturated rings. The van der Waals surface area contributed by atoms with Gasteiger partial charge in [-0.1, -0.05) is 13.8 Å². The molecule has 0 heterocycles. The van der Waals surface area contributed by atoms with Crippen molar-refractivity contribution in [3.8, 4) is 0 Å². The largest absolute Gasteiger partial charge is 0.415 e. The average molecular weight is 211 g/mol. The number of amides is 1. The van der Waals surface area contributed by atoms with Crippen LogP contribution in [0.25, 0.3) is 0 Å². The predicted octanol–water partition coefficient (Wildman–Crippen LogP) is 1.96. The molecule has 0 atom stereocenters. The maximum absolute atomic E-state index is 11.6. The molecule has 0 bridgehead atoms. The van der Waals surface area contributed by atoms with Crippen LogP contribution >= 0.6 is 0 Å². The van der Waals surface area contributed by atoms with Crippen LogP contribution in [0.15, 0.2) is 11.8 Å². The first-order chi connectivity index (χ1) is 6.83. The van der Waals surface area contributed by atoms with Crippen LogP contribution in [-0.4, -0.2) is 30.9 Å². The van der Waals surface area contributed by atoms with Crippen molar-refractivity contribution in [1.29, 1.82) is 0 Å². The topological polar surface area (TPSA) is 46.6 Å². The number of hydrogen-bond donors (Lipinski definition) is 0. The highest BCUT2D eigenvalue weighted by atomic mass is 16.6. The van der Waals surface area contributed by atoms with Crippen LogP contribution < -0.4 is 0 Å². The molecule has 1 aliphatic rings. The summed E-state index contributed by atoms with van der Waals surface area (Å²) in [5.41, 5.74) is -0.325. The second kappa shape index (κ2) is 4.04. The van der Waals surface area contributed by atoms with E-state index in [1.165, 1.54) is 11.0 Å². The van der Waals surface area contributed by atoms with Gasteiger partial charge in [-0.25, -0.2) is 4.79 Å². The summed E-state index contributed by atoms with van der Waals surface area (Å²) in [5.74, 6) is 0.494. The van der Waals surface area contributed by atoms with Gasteiger partial charge in [-0.15, -0.1) is 0 Å². The van der Waals surface area contributed by atoms with Gasteiger partial charge in [-0.2, -0.15) is 0 Å². The molecular formula is C11H17NO3. The molecule has 1 rings (SSSR count). The van der Waals surface area contributed by atoms with Gasteiger partial charge in [0.1, 0.15) is 5.76 Å². The van der Waals surface area contributed by atoms with Crippen molar-refractivity contribution >= 4 is 11.9 Å². The van der Waals surface area contributed by atoms with Crippen molar-refractivity contribution in [2.45, 2.75) is 26.7 Å². The quantitative estimate of drug-likeness (QED) is 0.666. The Hall–Kier alpha value is -1.32. The molecule has 84 valence electrons. The number of rotatable bonds is 1. The van der Waals surface area contributed by atoms with E-state index in [2.05, 4.69) is 0 Å². The summed E-state index contributed by atoms with van der Waals surface area (Å²) >= 11 is 0. The molecule has 0 spiro atoms. The van der Waals surface area contributed by atoms with Crippen molar-refractivity contribution in [2.24, 2.45) is 5.41 Å². The molecule has 4 nitrogen and oxygen atoms in total. The number of ketones is 1. The Morgan fingerprint density at radius 3 is 2.53 bits per heavy atom. The Labute approximate surface area is 89.9 Å². The van der Waals surface area contributed by atoms with Crippen molar-refractivity contribution < 1.29 is 14.3 Å². The summed E-state index contributed by atoms with van der Waals surface area (Å²) in [7, 11) is 3.22. The summed E-state index contributed by atoms with van der Waals surface area (Å²) in [4.78, 5) is 24.2. The highest BCUT2D eigenvalue weighted by Crippen LogP contribution is 2.31. The molecule has 1 aliphatic carbocycles. The third-order valence-corrected chi connectivity index (χ3v) is 2.54. The number of nitrogens with zero attached hydrogens (tertiary/aromatic N) is 1. The summed E-state index contributed by atoms with van der Waals surface area (Å²) in [6.07, 6.45) is 2.36. The van der Waals surface area contributed by atoms with Gasteiger partial charge in [0.25, 0.3) is 0 Å². The fourth-order valence-electron chi connectivity index (χ4n) is 1.26. The molecule has 0 saturated heterocycles. The molecule has 0 unspecified atom stereocenters. The standard InChI is InChI=1S/C11H17NO3/c1-11(2)6-5-8(7-9(11)13)15-10(14)12(3)4/h7H,5-6H2,1-4H3. The molecule has 0 aliphatic heterocycles. The fraction of sp³-hybridized carbons (Fsp3) is 0.636. The molecule has 4 heteroatoms. The van der Waals surface area contributed by atoms with Crippen LogP contribution in [0.5, 0.6) is 0 Å². The van der Waals surface area contributed by atoms with Crippen molar-refractivity contribution in [3.63, 3.8) is 0 Å². The van der Waals surface area contributed by atoms with Gasteiger partial charge in [0.2, 0.25) is 0 Å². The number of allylic oxidation sites excluding steroid dienone is 2. The zero-order valence-electron chi connectivity index (χ0n) is 9.66. The van der Waals surface area contributed by atoms with Gasteiger partial charge < -0.3 is 9.64 Å². The van der Waals surface area contributed by atoms with E-state index in [1.807, 2.05) is 13.8 Å². The first-order valence-corrected chi connectivity index (χ1v) is 4.97. The lowest BCUT2D eigenvalue weighted by Crippen LogP contribution is -2.29. The monoisotopic (exact) mass is 211 g/mol. The van der Waals surface area contributed by atoms with Crippen LogP contribution in [0.3, 0.4) is 0 Å². The lowest BCUT2D eigenvalue weighted by atomic mass is 9.79. The Balaban J connectivity index is 2.68. The number of ether oxygens (including phenoxy) is 1. The van der Waals surface area contributed by atoms with Crippen molar-refractivity contribution in [3.05, 3.63) is 11.8 Å². The predicted molar refractivity (Wildman–Crippen MR) is 56.3 cm³/mol. The maximum Gasteiger partial charge on any atom is 0.414 e. The van der Waals surface area contributed by atoms with Crippen LogP contribution in [0.2, 0.25) is 0 Å². The Morgan fingerprint density at radius 2 is 2.07 bits per heavy atom. The second-order valence-electron chi connectivity index (χ2n) is 4.62. The molecule has 1 amide bonds. The van der Waals surface area contributed by atoms with Gasteiger partial charge in [0, 0.05) is 32.0 Å². The normalized spacial score (nSPS) is 19.5. The number of hydrogen-bond acceptors (Lipinski definition) is 3. The van der Waals surface area contributed by atoms with Gasteiger partial charge in [-0.3, -0.25) is 4.79 Å². The minimum atomic E-state index is -0.436. The summed E-state index contributed by atoms with van der Waals surface area (Å²) in [6, 6.07) is 0. The van der Waals surface area contributed by atoms with Crippen LogP contribution in [0, 0.1) is 5.41 Å². The highest BCUT2D eigenvalue weighted by molar-refractivity contribution is 5.95. The van der Waals surface area contributed by atoms with Crippen LogP contribution in [0.4, 0.5) is 4.79 Å². The summed E-state index contributed by atoms with van der Waals surface area (Å²) in [6.45, 7) is 3.80. The zero-order valence-corrected chi connectivity index (χ0v) is 9.66. The molecular weight excluding hydrogens is 194 g/mol. The first kappa shape index (κ1) is 11.8. The van der Waals surface area contributed by atoms with E-state index < -0.39 is 6.09 Å². The van der Waals surface area contributed by atoms with Gasteiger partial charge in [0.15, 0.2) is 5.78 Å². The van der Waals surface area contributed by atoms with E-state index in [4.69, 9.17) is 4.74 Å². The van der Waals surface area contributed by atoms with E-state index in [1.54, 1.807) is 14.1 Å². The van der Waals surface area contributed by atoms with E-state index >= 15 is 0 Å². The molecule has 0 aromatic rings. The average Bonchev–Trinajstić information content (AvgIpc) is 2.12. The van der Waals surface area contributed by atoms with Crippen molar-refractivity contribution in [2.75, 3.05) is 14.1 Å². The third-order valence-electron chi connectivity index (χ3n) is 2.54. The van der Waals surface area contributed by atoms with Gasteiger partial charge >= 0.3 is 6.09 Å². The molecule has 0 saturated carbocycles. The van der Waals surface area contributed by atoms with E-state index in [-0.39, 0.29) is 11.2 Å². The highest BCUT2D eigenvalue weighted by Gasteiger charge is 2.31. The van der Waals surface area contributed by atoms with Crippen LogP contribution in [0.1, 0.15) is 26.7 Å². The minimum Gasteiger partial charge on any atom is -0.415 e. The van der Waals surface area contributed by atoms with Crippen LogP contribution in [-0.2, 0) is 9.53 Å². The van der Waals surface area contributed by atoms with Gasteiger partial charge in [0.05, 0.1) is 0 Å².